The SMILES string of the molecule is CC(C)(C)/C1=[N+](C(C)(C)C)/C=C\C/C=C\C1. The van der Waals surface area contributed by atoms with Gasteiger partial charge < -0.3 is 0 Å². The second kappa shape index (κ2) is 4.57. The molecule has 1 aliphatic rings. The fourth-order valence-electron chi connectivity index (χ4n) is 2.02. The molecule has 0 unspecified atom stereocenters. The van der Waals surface area contributed by atoms with E-state index in [4.69, 9.17) is 0 Å². The highest BCUT2D eigenvalue weighted by molar-refractivity contribution is 5.86. The number of hydrogen-bond donors (Lipinski definition) is 0. The molecule has 1 heterocycles. The summed E-state index contributed by atoms with van der Waals surface area (Å²) in [5.41, 5.74) is 1.87. The molecule has 0 fully saturated rings. The van der Waals surface area contributed by atoms with Gasteiger partial charge in [0.1, 0.15) is 0 Å². The maximum absolute atomic E-state index is 2.44. The Kier molecular flexibility index (Phi) is 3.77. The fraction of sp³-hybridized carbons (Fsp3) is 0.667. The van der Waals surface area contributed by atoms with Crippen molar-refractivity contribution < 1.29 is 4.58 Å². The summed E-state index contributed by atoms with van der Waals surface area (Å²) in [6, 6.07) is 0. The topological polar surface area (TPSA) is 3.01 Å². The lowest BCUT2D eigenvalue weighted by Gasteiger charge is -2.25. The molecule has 0 radical (unpaired) electrons. The van der Waals surface area contributed by atoms with E-state index in [-0.39, 0.29) is 11.0 Å². The van der Waals surface area contributed by atoms with Crippen molar-refractivity contribution in [3.63, 3.8) is 0 Å². The van der Waals surface area contributed by atoms with E-state index in [9.17, 15) is 0 Å². The largest absolute Gasteiger partial charge is 0.201 e. The first-order chi connectivity index (χ1) is 7.23. The lowest BCUT2D eigenvalue weighted by Crippen LogP contribution is -2.39. The van der Waals surface area contributed by atoms with Crippen LogP contribution in [-0.4, -0.2) is 15.8 Å². The van der Waals surface area contributed by atoms with E-state index in [1.807, 2.05) is 0 Å². The molecule has 1 aliphatic heterocycles. The summed E-state index contributed by atoms with van der Waals surface area (Å²) in [5, 5.41) is 0. The molecule has 0 amide bonds. The molecule has 0 aliphatic carbocycles. The first-order valence-corrected chi connectivity index (χ1v) is 6.20. The molecule has 90 valence electrons. The van der Waals surface area contributed by atoms with Gasteiger partial charge in [0.15, 0.2) is 17.5 Å². The zero-order valence-corrected chi connectivity index (χ0v) is 11.7. The van der Waals surface area contributed by atoms with Crippen LogP contribution in [-0.2, 0) is 0 Å². The van der Waals surface area contributed by atoms with Gasteiger partial charge in [-0.15, -0.1) is 0 Å². The molecule has 0 saturated heterocycles. The summed E-state index contributed by atoms with van der Waals surface area (Å²) < 4.78 is 2.44. The number of allylic oxidation sites excluding steroid dienone is 3. The Hall–Kier alpha value is -0.850. The minimum atomic E-state index is 0.157. The van der Waals surface area contributed by atoms with Crippen LogP contribution in [0.1, 0.15) is 54.4 Å². The molecule has 0 atom stereocenters. The van der Waals surface area contributed by atoms with Crippen LogP contribution >= 0.6 is 0 Å². The predicted octanol–water partition coefficient (Wildman–Crippen LogP) is 4.15. The molecule has 0 aromatic heterocycles. The maximum atomic E-state index is 2.44. The first-order valence-electron chi connectivity index (χ1n) is 6.20. The number of rotatable bonds is 0. The third kappa shape index (κ3) is 3.33. The van der Waals surface area contributed by atoms with Crippen LogP contribution in [0.5, 0.6) is 0 Å². The van der Waals surface area contributed by atoms with E-state index in [0.717, 1.165) is 12.8 Å². The van der Waals surface area contributed by atoms with Crippen LogP contribution in [0.25, 0.3) is 0 Å². The molecule has 1 rings (SSSR count). The van der Waals surface area contributed by atoms with Gasteiger partial charge >= 0.3 is 0 Å². The highest BCUT2D eigenvalue weighted by Gasteiger charge is 2.33. The van der Waals surface area contributed by atoms with Crippen molar-refractivity contribution in [1.82, 2.24) is 0 Å². The van der Waals surface area contributed by atoms with Gasteiger partial charge in [-0.3, -0.25) is 0 Å². The second-order valence-corrected chi connectivity index (χ2v) is 6.53. The van der Waals surface area contributed by atoms with E-state index < -0.39 is 0 Å². The standard InChI is InChI=1S/C15H26N/c1-14(2,3)13-11-9-7-8-10-12-16(13)15(4,5)6/h7,9-10,12H,8,11H2,1-6H3/q+1/b9-7-,12-10-,16-13-. The van der Waals surface area contributed by atoms with E-state index >= 15 is 0 Å². The van der Waals surface area contributed by atoms with Gasteiger partial charge in [0.05, 0.1) is 0 Å². The number of nitrogens with zero attached hydrogens (tertiary/aromatic N) is 1. The molecular weight excluding hydrogens is 194 g/mol. The Morgan fingerprint density at radius 3 is 2.06 bits per heavy atom. The Labute approximate surface area is 101 Å². The maximum Gasteiger partial charge on any atom is 0.167 e. The van der Waals surface area contributed by atoms with E-state index in [2.05, 4.69) is 70.5 Å². The highest BCUT2D eigenvalue weighted by Crippen LogP contribution is 2.23. The lowest BCUT2D eigenvalue weighted by molar-refractivity contribution is -0.539. The Balaban J connectivity index is 3.31. The molecule has 1 heteroatoms. The third-order valence-electron chi connectivity index (χ3n) is 2.88. The van der Waals surface area contributed by atoms with E-state index in [1.165, 1.54) is 5.71 Å². The van der Waals surface area contributed by atoms with Crippen molar-refractivity contribution in [2.45, 2.75) is 59.9 Å². The summed E-state index contributed by atoms with van der Waals surface area (Å²) in [4.78, 5) is 0. The molecule has 0 bridgehead atoms. The zero-order valence-electron chi connectivity index (χ0n) is 11.7. The Bertz CT molecular complexity index is 329. The van der Waals surface area contributed by atoms with Crippen LogP contribution in [0, 0.1) is 5.41 Å². The molecule has 0 spiro atoms. The third-order valence-corrected chi connectivity index (χ3v) is 2.88. The van der Waals surface area contributed by atoms with Gasteiger partial charge in [0, 0.05) is 32.6 Å². The van der Waals surface area contributed by atoms with Gasteiger partial charge in [0.2, 0.25) is 0 Å². The van der Waals surface area contributed by atoms with E-state index in [1.54, 1.807) is 0 Å². The average molecular weight is 220 g/mol. The van der Waals surface area contributed by atoms with Gasteiger partial charge in [-0.2, -0.15) is 0 Å². The summed E-state index contributed by atoms with van der Waals surface area (Å²) >= 11 is 0. The fourth-order valence-corrected chi connectivity index (χ4v) is 2.02. The van der Waals surface area contributed by atoms with Gasteiger partial charge in [-0.25, -0.2) is 4.58 Å². The van der Waals surface area contributed by atoms with Crippen LogP contribution in [0.4, 0.5) is 0 Å². The van der Waals surface area contributed by atoms with Crippen molar-refractivity contribution in [2.24, 2.45) is 5.41 Å². The van der Waals surface area contributed by atoms with Crippen LogP contribution in [0.3, 0.4) is 0 Å². The van der Waals surface area contributed by atoms with E-state index in [0.29, 0.717) is 0 Å². The molecular formula is C15H26N+. The quantitative estimate of drug-likeness (QED) is 0.426. The van der Waals surface area contributed by atoms with Crippen molar-refractivity contribution in [3.05, 3.63) is 24.4 Å². The van der Waals surface area contributed by atoms with Crippen molar-refractivity contribution in [3.8, 4) is 0 Å². The monoisotopic (exact) mass is 220 g/mol. The normalized spacial score (nSPS) is 27.1. The molecule has 0 saturated carbocycles. The second-order valence-electron chi connectivity index (χ2n) is 6.53. The first kappa shape index (κ1) is 13.2. The van der Waals surface area contributed by atoms with Gasteiger partial charge in [-0.05, 0) is 12.5 Å². The minimum Gasteiger partial charge on any atom is -0.201 e. The summed E-state index contributed by atoms with van der Waals surface area (Å²) in [6.07, 6.45) is 11.1. The molecule has 0 aromatic rings. The van der Waals surface area contributed by atoms with Crippen molar-refractivity contribution in [2.75, 3.05) is 0 Å². The Morgan fingerprint density at radius 1 is 0.938 bits per heavy atom. The summed E-state index contributed by atoms with van der Waals surface area (Å²) in [5.74, 6) is 0. The molecule has 1 nitrogen and oxygen atoms in total. The minimum absolute atomic E-state index is 0.157. The number of hydrogen-bond acceptors (Lipinski definition) is 0. The lowest BCUT2D eigenvalue weighted by atomic mass is 9.86. The van der Waals surface area contributed by atoms with Crippen molar-refractivity contribution >= 4 is 5.71 Å². The van der Waals surface area contributed by atoms with Gasteiger partial charge in [0.25, 0.3) is 0 Å². The predicted molar refractivity (Wildman–Crippen MR) is 72.0 cm³/mol. The molecule has 0 N–H and O–H groups in total. The van der Waals surface area contributed by atoms with Crippen molar-refractivity contribution in [1.29, 1.82) is 0 Å². The smallest absolute Gasteiger partial charge is 0.167 e. The van der Waals surface area contributed by atoms with Crippen LogP contribution in [0.2, 0.25) is 0 Å². The van der Waals surface area contributed by atoms with Crippen LogP contribution in [0.15, 0.2) is 24.4 Å². The molecule has 16 heavy (non-hydrogen) atoms. The summed E-state index contributed by atoms with van der Waals surface area (Å²) in [7, 11) is 0. The van der Waals surface area contributed by atoms with Crippen LogP contribution < -0.4 is 0 Å². The average Bonchev–Trinajstić information content (AvgIpc) is 1.96. The zero-order chi connectivity index (χ0) is 12.4. The van der Waals surface area contributed by atoms with Gasteiger partial charge in [-0.1, -0.05) is 32.9 Å². The highest BCUT2D eigenvalue weighted by atomic mass is 15.1. The summed E-state index contributed by atoms with van der Waals surface area (Å²) in [6.45, 7) is 13.7. The Morgan fingerprint density at radius 2 is 1.56 bits per heavy atom. The molecule has 0 aromatic carbocycles.